The van der Waals surface area contributed by atoms with E-state index < -0.39 is 11.5 Å². The van der Waals surface area contributed by atoms with Crippen molar-refractivity contribution < 1.29 is 14.7 Å². The molecule has 0 aromatic heterocycles. The van der Waals surface area contributed by atoms with Crippen LogP contribution in [0.5, 0.6) is 0 Å². The lowest BCUT2D eigenvalue weighted by Gasteiger charge is -2.25. The molecule has 2 N–H and O–H groups in total. The van der Waals surface area contributed by atoms with Crippen molar-refractivity contribution >= 4 is 11.9 Å². The van der Waals surface area contributed by atoms with E-state index in [9.17, 15) is 14.7 Å². The highest BCUT2D eigenvalue weighted by Gasteiger charge is 2.42. The molecule has 0 bridgehead atoms. The van der Waals surface area contributed by atoms with Crippen LogP contribution < -0.4 is 5.32 Å². The van der Waals surface area contributed by atoms with Crippen LogP contribution in [0.1, 0.15) is 48.8 Å². The van der Waals surface area contributed by atoms with E-state index in [1.54, 1.807) is 0 Å². The average molecular weight is 287 g/mol. The first-order chi connectivity index (χ1) is 10.1. The lowest BCUT2D eigenvalue weighted by atomic mass is 9.97. The Bertz CT molecular complexity index is 573. The van der Waals surface area contributed by atoms with Gasteiger partial charge in [-0.05, 0) is 48.8 Å². The highest BCUT2D eigenvalue weighted by atomic mass is 16.4. The highest BCUT2D eigenvalue weighted by Crippen LogP contribution is 2.30. The van der Waals surface area contributed by atoms with E-state index >= 15 is 0 Å². The normalized spacial score (nSPS) is 19.2. The van der Waals surface area contributed by atoms with Gasteiger partial charge in [0.1, 0.15) is 5.54 Å². The fourth-order valence-electron chi connectivity index (χ4n) is 3.60. The molecule has 21 heavy (non-hydrogen) atoms. The van der Waals surface area contributed by atoms with Crippen molar-refractivity contribution in [3.63, 3.8) is 0 Å². The minimum atomic E-state index is -1.03. The van der Waals surface area contributed by atoms with Crippen LogP contribution in [0.15, 0.2) is 18.2 Å². The van der Waals surface area contributed by atoms with Crippen LogP contribution in [-0.4, -0.2) is 22.5 Å². The van der Waals surface area contributed by atoms with E-state index in [0.717, 1.165) is 31.2 Å². The lowest BCUT2D eigenvalue weighted by Crippen LogP contribution is -2.52. The summed E-state index contributed by atoms with van der Waals surface area (Å²) in [7, 11) is 0. The number of carboxylic acids is 1. The van der Waals surface area contributed by atoms with E-state index in [1.807, 2.05) is 6.07 Å². The first-order valence-corrected chi connectivity index (χ1v) is 7.74. The molecule has 1 saturated carbocycles. The summed E-state index contributed by atoms with van der Waals surface area (Å²) in [4.78, 5) is 23.7. The largest absolute Gasteiger partial charge is 0.480 e. The summed E-state index contributed by atoms with van der Waals surface area (Å²) in [6.45, 7) is 0. The molecule has 0 atom stereocenters. The number of hydrogen-bond donors (Lipinski definition) is 2. The second-order valence-corrected chi connectivity index (χ2v) is 6.28. The second-order valence-electron chi connectivity index (χ2n) is 6.28. The van der Waals surface area contributed by atoms with Crippen molar-refractivity contribution in [3.8, 4) is 0 Å². The second kappa shape index (κ2) is 5.51. The van der Waals surface area contributed by atoms with Crippen molar-refractivity contribution in [3.05, 3.63) is 34.9 Å². The molecule has 0 heterocycles. The van der Waals surface area contributed by atoms with Crippen molar-refractivity contribution in [1.29, 1.82) is 0 Å². The molecule has 0 spiro atoms. The van der Waals surface area contributed by atoms with Gasteiger partial charge in [-0.2, -0.15) is 0 Å². The van der Waals surface area contributed by atoms with E-state index in [-0.39, 0.29) is 12.3 Å². The third-order valence-electron chi connectivity index (χ3n) is 4.77. The van der Waals surface area contributed by atoms with Gasteiger partial charge in [0.2, 0.25) is 5.91 Å². The van der Waals surface area contributed by atoms with E-state index in [1.165, 1.54) is 17.5 Å². The number of fused-ring (bicyclic) bond motifs is 1. The van der Waals surface area contributed by atoms with E-state index in [0.29, 0.717) is 12.8 Å². The van der Waals surface area contributed by atoms with Crippen LogP contribution in [0.3, 0.4) is 0 Å². The van der Waals surface area contributed by atoms with Crippen LogP contribution in [-0.2, 0) is 28.9 Å². The molecule has 0 saturated heterocycles. The van der Waals surface area contributed by atoms with Gasteiger partial charge in [-0.3, -0.25) is 4.79 Å². The number of benzene rings is 1. The number of rotatable bonds is 4. The molecule has 2 aliphatic carbocycles. The zero-order valence-electron chi connectivity index (χ0n) is 12.2. The van der Waals surface area contributed by atoms with Crippen LogP contribution in [0.4, 0.5) is 0 Å². The van der Waals surface area contributed by atoms with Gasteiger partial charge in [-0.25, -0.2) is 4.79 Å². The molecule has 112 valence electrons. The fourth-order valence-corrected chi connectivity index (χ4v) is 3.60. The average Bonchev–Trinajstić information content (AvgIpc) is 3.07. The number of hydrogen-bond acceptors (Lipinski definition) is 2. The molecule has 1 aromatic carbocycles. The van der Waals surface area contributed by atoms with Gasteiger partial charge in [-0.1, -0.05) is 31.0 Å². The Morgan fingerprint density at radius 2 is 1.81 bits per heavy atom. The maximum absolute atomic E-state index is 12.2. The van der Waals surface area contributed by atoms with Gasteiger partial charge in [0.05, 0.1) is 6.42 Å². The summed E-state index contributed by atoms with van der Waals surface area (Å²) in [6, 6.07) is 6.20. The lowest BCUT2D eigenvalue weighted by molar-refractivity contribution is -0.147. The number of amides is 1. The van der Waals surface area contributed by atoms with Gasteiger partial charge >= 0.3 is 5.97 Å². The molecule has 1 fully saturated rings. The van der Waals surface area contributed by atoms with Gasteiger partial charge in [-0.15, -0.1) is 0 Å². The number of aliphatic carboxylic acids is 1. The van der Waals surface area contributed by atoms with Gasteiger partial charge in [0.25, 0.3) is 0 Å². The Morgan fingerprint density at radius 3 is 2.52 bits per heavy atom. The van der Waals surface area contributed by atoms with Crippen LogP contribution in [0.25, 0.3) is 0 Å². The predicted octanol–water partition coefficient (Wildman–Crippen LogP) is 2.23. The van der Waals surface area contributed by atoms with Gasteiger partial charge < -0.3 is 10.4 Å². The molecule has 1 amide bonds. The molecular weight excluding hydrogens is 266 g/mol. The quantitative estimate of drug-likeness (QED) is 0.892. The number of carboxylic acid groups (broad SMARTS) is 1. The summed E-state index contributed by atoms with van der Waals surface area (Å²) in [5, 5.41) is 12.2. The molecule has 0 aliphatic heterocycles. The van der Waals surface area contributed by atoms with Crippen LogP contribution in [0, 0.1) is 0 Å². The number of carbonyl (C=O) groups excluding carboxylic acids is 1. The SMILES string of the molecule is O=C(Cc1ccc2c(c1)CCC2)NC1(C(=O)O)CCCC1. The van der Waals surface area contributed by atoms with Crippen LogP contribution >= 0.6 is 0 Å². The maximum Gasteiger partial charge on any atom is 0.329 e. The molecule has 3 rings (SSSR count). The third kappa shape index (κ3) is 2.80. The Morgan fingerprint density at radius 1 is 1.10 bits per heavy atom. The fraction of sp³-hybridized carbons (Fsp3) is 0.529. The summed E-state index contributed by atoms with van der Waals surface area (Å²) in [5.41, 5.74) is 2.67. The molecule has 2 aliphatic rings. The summed E-state index contributed by atoms with van der Waals surface area (Å²) in [5.74, 6) is -1.08. The van der Waals surface area contributed by atoms with E-state index in [2.05, 4.69) is 17.4 Å². The van der Waals surface area contributed by atoms with Crippen molar-refractivity contribution in [2.24, 2.45) is 0 Å². The molecule has 4 heteroatoms. The number of nitrogens with one attached hydrogen (secondary N) is 1. The molecule has 1 aromatic rings. The van der Waals surface area contributed by atoms with E-state index in [4.69, 9.17) is 0 Å². The Labute approximate surface area is 124 Å². The molecule has 0 radical (unpaired) electrons. The Hall–Kier alpha value is -1.84. The number of carbonyl (C=O) groups is 2. The standard InChI is InChI=1S/C17H21NO3/c19-15(18-17(16(20)21)8-1-2-9-17)11-12-6-7-13-4-3-5-14(13)10-12/h6-7,10H,1-5,8-9,11H2,(H,18,19)(H,20,21). The monoisotopic (exact) mass is 287 g/mol. The zero-order chi connectivity index (χ0) is 14.9. The summed E-state index contributed by atoms with van der Waals surface area (Å²) < 4.78 is 0. The van der Waals surface area contributed by atoms with Crippen molar-refractivity contribution in [2.75, 3.05) is 0 Å². The first kappa shape index (κ1) is 14.1. The maximum atomic E-state index is 12.2. The third-order valence-corrected chi connectivity index (χ3v) is 4.77. The number of aryl methyl sites for hydroxylation is 2. The minimum Gasteiger partial charge on any atom is -0.480 e. The van der Waals surface area contributed by atoms with Crippen LogP contribution in [0.2, 0.25) is 0 Å². The summed E-state index contributed by atoms with van der Waals surface area (Å²) in [6.07, 6.45) is 6.48. The highest BCUT2D eigenvalue weighted by molar-refractivity contribution is 5.88. The first-order valence-electron chi connectivity index (χ1n) is 7.74. The minimum absolute atomic E-state index is 0.183. The summed E-state index contributed by atoms with van der Waals surface area (Å²) >= 11 is 0. The van der Waals surface area contributed by atoms with Crippen molar-refractivity contribution in [2.45, 2.75) is 56.9 Å². The van der Waals surface area contributed by atoms with Gasteiger partial charge in [0, 0.05) is 0 Å². The Balaban J connectivity index is 1.67. The van der Waals surface area contributed by atoms with Gasteiger partial charge in [0.15, 0.2) is 0 Å². The smallest absolute Gasteiger partial charge is 0.329 e. The zero-order valence-corrected chi connectivity index (χ0v) is 12.2. The predicted molar refractivity (Wildman–Crippen MR) is 79.1 cm³/mol. The molecular formula is C17H21NO3. The topological polar surface area (TPSA) is 66.4 Å². The Kier molecular flexibility index (Phi) is 3.70. The molecule has 4 nitrogen and oxygen atoms in total. The molecule has 0 unspecified atom stereocenters. The van der Waals surface area contributed by atoms with Crippen molar-refractivity contribution in [1.82, 2.24) is 5.32 Å².